The quantitative estimate of drug-likeness (QED) is 0.676. The van der Waals surface area contributed by atoms with Gasteiger partial charge in [0, 0.05) is 12.0 Å². The van der Waals surface area contributed by atoms with Gasteiger partial charge in [-0.1, -0.05) is 26.7 Å². The molecule has 3 N–H and O–H groups in total. The van der Waals surface area contributed by atoms with Crippen molar-refractivity contribution in [2.24, 2.45) is 17.1 Å². The van der Waals surface area contributed by atoms with E-state index in [1.54, 1.807) is 0 Å². The lowest BCUT2D eigenvalue weighted by atomic mass is 9.73. The predicted octanol–water partition coefficient (Wildman–Crippen LogP) is 1.52. The van der Waals surface area contributed by atoms with Gasteiger partial charge in [0.1, 0.15) is 0 Å². The molecule has 0 aromatic rings. The topological polar surface area (TPSA) is 46.2 Å². The van der Waals surface area contributed by atoms with Crippen LogP contribution < -0.4 is 5.73 Å². The molecule has 0 spiro atoms. The van der Waals surface area contributed by atoms with E-state index >= 15 is 0 Å². The van der Waals surface area contributed by atoms with Crippen molar-refractivity contribution in [2.75, 3.05) is 6.54 Å². The molecule has 3 atom stereocenters. The van der Waals surface area contributed by atoms with Gasteiger partial charge in [0.05, 0.1) is 6.10 Å². The maximum Gasteiger partial charge on any atom is 0.0608 e. The zero-order valence-electron chi connectivity index (χ0n) is 8.21. The van der Waals surface area contributed by atoms with Gasteiger partial charge < -0.3 is 10.8 Å². The van der Waals surface area contributed by atoms with Crippen molar-refractivity contribution < 1.29 is 5.11 Å². The average molecular weight is 171 g/mol. The lowest BCUT2D eigenvalue weighted by Crippen LogP contribution is -2.43. The number of aliphatic hydroxyl groups excluding tert-OH is 1. The highest BCUT2D eigenvalue weighted by Crippen LogP contribution is 2.45. The molecule has 72 valence electrons. The molecule has 0 radical (unpaired) electrons. The van der Waals surface area contributed by atoms with E-state index in [2.05, 4.69) is 6.92 Å². The molecule has 2 nitrogen and oxygen atoms in total. The summed E-state index contributed by atoms with van der Waals surface area (Å²) in [6, 6.07) is 0. The molecule has 1 fully saturated rings. The number of rotatable bonds is 3. The molecule has 0 aromatic heterocycles. The smallest absolute Gasteiger partial charge is 0.0608 e. The minimum Gasteiger partial charge on any atom is -0.393 e. The van der Waals surface area contributed by atoms with E-state index in [0.717, 1.165) is 12.8 Å². The van der Waals surface area contributed by atoms with Gasteiger partial charge in [-0.05, 0) is 18.8 Å². The summed E-state index contributed by atoms with van der Waals surface area (Å²) in [4.78, 5) is 0. The van der Waals surface area contributed by atoms with E-state index in [9.17, 15) is 5.11 Å². The molecule has 1 saturated carbocycles. The molecular formula is C10H21NO. The Kier molecular flexibility index (Phi) is 3.13. The molecule has 2 heteroatoms. The number of hydrogen-bond acceptors (Lipinski definition) is 2. The van der Waals surface area contributed by atoms with Crippen LogP contribution in [0.2, 0.25) is 0 Å². The third kappa shape index (κ3) is 1.38. The van der Waals surface area contributed by atoms with Gasteiger partial charge in [-0.15, -0.1) is 0 Å². The van der Waals surface area contributed by atoms with E-state index < -0.39 is 0 Å². The number of nitrogens with two attached hydrogens (primary N) is 1. The highest BCUT2D eigenvalue weighted by Gasteiger charge is 2.43. The monoisotopic (exact) mass is 171 g/mol. The lowest BCUT2D eigenvalue weighted by molar-refractivity contribution is 0.00427. The second-order valence-corrected chi connectivity index (χ2v) is 4.15. The van der Waals surface area contributed by atoms with Crippen LogP contribution in [0, 0.1) is 11.3 Å². The highest BCUT2D eigenvalue weighted by atomic mass is 16.3. The Hall–Kier alpha value is -0.0800. The summed E-state index contributed by atoms with van der Waals surface area (Å²) >= 11 is 0. The SMILES string of the molecule is CCC(O)C1(CN)CCCC1C. The van der Waals surface area contributed by atoms with E-state index in [1.165, 1.54) is 12.8 Å². The molecule has 0 bridgehead atoms. The molecule has 0 heterocycles. The van der Waals surface area contributed by atoms with Crippen molar-refractivity contribution in [3.05, 3.63) is 0 Å². The zero-order chi connectivity index (χ0) is 9.19. The average Bonchev–Trinajstić information content (AvgIpc) is 2.46. The Balaban J connectivity index is 2.73. The summed E-state index contributed by atoms with van der Waals surface area (Å²) in [6.07, 6.45) is 4.21. The van der Waals surface area contributed by atoms with Crippen molar-refractivity contribution in [1.29, 1.82) is 0 Å². The fraction of sp³-hybridized carbons (Fsp3) is 1.00. The Labute approximate surface area is 75.2 Å². The van der Waals surface area contributed by atoms with Crippen molar-refractivity contribution in [3.8, 4) is 0 Å². The molecule has 1 aliphatic carbocycles. The van der Waals surface area contributed by atoms with Gasteiger partial charge in [-0.2, -0.15) is 0 Å². The van der Waals surface area contributed by atoms with Crippen LogP contribution in [-0.4, -0.2) is 17.8 Å². The first-order chi connectivity index (χ1) is 5.67. The Bertz CT molecular complexity index is 149. The van der Waals surface area contributed by atoms with Crippen LogP contribution >= 0.6 is 0 Å². The van der Waals surface area contributed by atoms with Gasteiger partial charge in [0.15, 0.2) is 0 Å². The van der Waals surface area contributed by atoms with Crippen LogP contribution in [0.25, 0.3) is 0 Å². The van der Waals surface area contributed by atoms with Crippen molar-refractivity contribution >= 4 is 0 Å². The molecule has 3 unspecified atom stereocenters. The first kappa shape index (κ1) is 10.0. The third-order valence-corrected chi connectivity index (χ3v) is 3.69. The second kappa shape index (κ2) is 3.75. The summed E-state index contributed by atoms with van der Waals surface area (Å²) < 4.78 is 0. The fourth-order valence-corrected chi connectivity index (χ4v) is 2.61. The summed E-state index contributed by atoms with van der Waals surface area (Å²) in [7, 11) is 0. The summed E-state index contributed by atoms with van der Waals surface area (Å²) in [6.45, 7) is 4.90. The van der Waals surface area contributed by atoms with Crippen LogP contribution in [0.3, 0.4) is 0 Å². The summed E-state index contributed by atoms with van der Waals surface area (Å²) in [5, 5.41) is 9.90. The Morgan fingerprint density at radius 3 is 2.67 bits per heavy atom. The highest BCUT2D eigenvalue weighted by molar-refractivity contribution is 4.95. The first-order valence-electron chi connectivity index (χ1n) is 5.05. The van der Waals surface area contributed by atoms with E-state index in [1.807, 2.05) is 6.92 Å². The van der Waals surface area contributed by atoms with E-state index in [0.29, 0.717) is 12.5 Å². The normalized spacial score (nSPS) is 38.5. The van der Waals surface area contributed by atoms with Crippen LogP contribution in [0.5, 0.6) is 0 Å². The molecule has 0 amide bonds. The Morgan fingerprint density at radius 2 is 2.33 bits per heavy atom. The zero-order valence-corrected chi connectivity index (χ0v) is 8.21. The maximum atomic E-state index is 9.90. The van der Waals surface area contributed by atoms with Gasteiger partial charge >= 0.3 is 0 Å². The predicted molar refractivity (Wildman–Crippen MR) is 50.8 cm³/mol. The van der Waals surface area contributed by atoms with Crippen LogP contribution in [-0.2, 0) is 0 Å². The minimum absolute atomic E-state index is 0.0365. The molecule has 0 aliphatic heterocycles. The van der Waals surface area contributed by atoms with Gasteiger partial charge in [-0.25, -0.2) is 0 Å². The fourth-order valence-electron chi connectivity index (χ4n) is 2.61. The van der Waals surface area contributed by atoms with Crippen LogP contribution in [0.1, 0.15) is 39.5 Å². The van der Waals surface area contributed by atoms with Crippen LogP contribution in [0.4, 0.5) is 0 Å². The van der Waals surface area contributed by atoms with Crippen LogP contribution in [0.15, 0.2) is 0 Å². The van der Waals surface area contributed by atoms with Crippen molar-refractivity contribution in [1.82, 2.24) is 0 Å². The van der Waals surface area contributed by atoms with Gasteiger partial charge in [0.2, 0.25) is 0 Å². The van der Waals surface area contributed by atoms with Gasteiger partial charge in [0.25, 0.3) is 0 Å². The number of hydrogen-bond donors (Lipinski definition) is 2. The maximum absolute atomic E-state index is 9.90. The third-order valence-electron chi connectivity index (χ3n) is 3.69. The lowest BCUT2D eigenvalue weighted by Gasteiger charge is -2.36. The molecule has 0 aromatic carbocycles. The van der Waals surface area contributed by atoms with Crippen molar-refractivity contribution in [2.45, 2.75) is 45.6 Å². The molecule has 1 aliphatic rings. The largest absolute Gasteiger partial charge is 0.393 e. The molecule has 12 heavy (non-hydrogen) atoms. The Morgan fingerprint density at radius 1 is 1.67 bits per heavy atom. The second-order valence-electron chi connectivity index (χ2n) is 4.15. The van der Waals surface area contributed by atoms with Gasteiger partial charge in [-0.3, -0.25) is 0 Å². The molecule has 1 rings (SSSR count). The van der Waals surface area contributed by atoms with E-state index in [-0.39, 0.29) is 11.5 Å². The molecular weight excluding hydrogens is 150 g/mol. The van der Waals surface area contributed by atoms with Crippen molar-refractivity contribution in [3.63, 3.8) is 0 Å². The molecule has 0 saturated heterocycles. The van der Waals surface area contributed by atoms with E-state index in [4.69, 9.17) is 5.73 Å². The summed E-state index contributed by atoms with van der Waals surface area (Å²) in [5.41, 5.74) is 5.81. The summed E-state index contributed by atoms with van der Waals surface area (Å²) in [5.74, 6) is 0.595. The number of aliphatic hydroxyl groups is 1. The standard InChI is InChI=1S/C10H21NO/c1-3-9(12)10(7-11)6-4-5-8(10)2/h8-9,12H,3-7,11H2,1-2H3. The first-order valence-corrected chi connectivity index (χ1v) is 5.05. The minimum atomic E-state index is -0.194.